The molecule has 0 saturated carbocycles. The minimum atomic E-state index is -1.76. The van der Waals surface area contributed by atoms with Gasteiger partial charge in [-0.3, -0.25) is 43.3 Å². The number of hydrogen-bond donors (Lipinski definition) is 11. The number of nitrogens with one attached hydrogen (secondary N) is 7. The Balaban J connectivity index is 2.18. The van der Waals surface area contributed by atoms with E-state index in [2.05, 4.69) is 37.2 Å². The molecule has 2 aliphatic heterocycles. The van der Waals surface area contributed by atoms with Gasteiger partial charge in [0.1, 0.15) is 36.0 Å². The number of carboxylic acid groups (broad SMARTS) is 1. The van der Waals surface area contributed by atoms with Crippen LogP contribution in [0.5, 0.6) is 5.75 Å². The number of phenols is 1. The van der Waals surface area contributed by atoms with Gasteiger partial charge in [-0.25, -0.2) is 0 Å². The van der Waals surface area contributed by atoms with E-state index >= 15 is 0 Å². The second-order valence-corrected chi connectivity index (χ2v) is 18.1. The highest BCUT2D eigenvalue weighted by atomic mass is 16.4. The lowest BCUT2D eigenvalue weighted by molar-refractivity contribution is -0.142. The number of aliphatic carboxylic acids is 1. The number of fused-ring (bicyclic) bond motifs is 1. The predicted octanol–water partition coefficient (Wildman–Crippen LogP) is -0.955. The van der Waals surface area contributed by atoms with Crippen molar-refractivity contribution in [3.63, 3.8) is 0 Å². The monoisotopic (exact) mass is 888 g/mol. The molecular formula is C43H69N9O11. The molecule has 7 amide bonds. The Morgan fingerprint density at radius 2 is 1.46 bits per heavy atom. The molecule has 20 nitrogen and oxygen atoms in total. The number of aliphatic hydroxyl groups is 1. The lowest BCUT2D eigenvalue weighted by atomic mass is 9.99. The van der Waals surface area contributed by atoms with Crippen molar-refractivity contribution in [2.24, 2.45) is 11.7 Å². The topological polar surface area (TPSA) is 311 Å². The zero-order valence-electron chi connectivity index (χ0n) is 37.5. The van der Waals surface area contributed by atoms with Crippen molar-refractivity contribution < 1.29 is 53.7 Å². The molecule has 12 N–H and O–H groups in total. The van der Waals surface area contributed by atoms with Crippen LogP contribution in [0.3, 0.4) is 0 Å². The van der Waals surface area contributed by atoms with E-state index < -0.39 is 114 Å². The summed E-state index contributed by atoms with van der Waals surface area (Å²) < 4.78 is 0. The quantitative estimate of drug-likeness (QED) is 0.113. The molecular weight excluding hydrogens is 819 g/mol. The molecule has 20 heteroatoms. The second kappa shape index (κ2) is 23.9. The largest absolute Gasteiger partial charge is 0.508 e. The molecule has 0 bridgehead atoms. The Labute approximate surface area is 369 Å². The van der Waals surface area contributed by atoms with Crippen LogP contribution in [0, 0.1) is 5.92 Å². The van der Waals surface area contributed by atoms with Crippen molar-refractivity contribution >= 4 is 47.3 Å². The predicted molar refractivity (Wildman–Crippen MR) is 231 cm³/mol. The van der Waals surface area contributed by atoms with E-state index in [1.807, 2.05) is 0 Å². The van der Waals surface area contributed by atoms with Gasteiger partial charge in [0.25, 0.3) is 0 Å². The molecule has 2 aliphatic rings. The molecule has 2 fully saturated rings. The molecule has 2 heterocycles. The highest BCUT2D eigenvalue weighted by Crippen LogP contribution is 2.24. The van der Waals surface area contributed by atoms with E-state index in [4.69, 9.17) is 5.73 Å². The second-order valence-electron chi connectivity index (χ2n) is 18.1. The van der Waals surface area contributed by atoms with Gasteiger partial charge in [0.2, 0.25) is 41.4 Å². The van der Waals surface area contributed by atoms with Gasteiger partial charge >= 0.3 is 5.97 Å². The fraction of sp³-hybridized carbons (Fsp3) is 0.674. The van der Waals surface area contributed by atoms with Crippen LogP contribution in [-0.4, -0.2) is 141 Å². The number of aromatic hydroxyl groups is 1. The molecule has 1 aromatic carbocycles. The lowest BCUT2D eigenvalue weighted by Crippen LogP contribution is -2.65. The number of amides is 7. The number of carboxylic acids is 1. The van der Waals surface area contributed by atoms with Crippen molar-refractivity contribution in [3.8, 4) is 5.75 Å². The first-order valence-electron chi connectivity index (χ1n) is 21.8. The molecule has 2 unspecified atom stereocenters. The van der Waals surface area contributed by atoms with Gasteiger partial charge in [0.05, 0.1) is 24.6 Å². The molecule has 0 spiro atoms. The van der Waals surface area contributed by atoms with Crippen LogP contribution < -0.4 is 43.0 Å². The van der Waals surface area contributed by atoms with Crippen molar-refractivity contribution in [1.82, 2.24) is 42.1 Å². The maximum absolute atomic E-state index is 14.4. The van der Waals surface area contributed by atoms with Crippen LogP contribution in [0.2, 0.25) is 0 Å². The zero-order valence-corrected chi connectivity index (χ0v) is 37.5. The minimum absolute atomic E-state index is 0.00727. The SMILES string of the molecule is CC(C)CC1NC(=O)C[C@H](CCCCN)NC(=O)C(Cc2ccc(O)cc2)NC(=O)[C@@H]2CCCN2[C@H](C(=O)NC(C)(C)C)[C@@H](C)NC(=O)[C@H]([C@@H](C)O)NC(=O)[C@@H](CC(=O)O)NC1=O. The summed E-state index contributed by atoms with van der Waals surface area (Å²) in [5.41, 5.74) is 5.60. The smallest absolute Gasteiger partial charge is 0.305 e. The number of aliphatic hydroxyl groups excluding tert-OH is 1. The van der Waals surface area contributed by atoms with E-state index in [1.54, 1.807) is 51.7 Å². The first-order chi connectivity index (χ1) is 29.5. The van der Waals surface area contributed by atoms with Crippen LogP contribution in [0.25, 0.3) is 0 Å². The number of unbranched alkanes of at least 4 members (excludes halogenated alkanes) is 1. The third-order valence-electron chi connectivity index (χ3n) is 10.8. The van der Waals surface area contributed by atoms with Gasteiger partial charge in [-0.1, -0.05) is 32.4 Å². The molecule has 3 rings (SSSR count). The maximum atomic E-state index is 14.4. The summed E-state index contributed by atoms with van der Waals surface area (Å²) >= 11 is 0. The zero-order chi connectivity index (χ0) is 47.2. The Morgan fingerprint density at radius 3 is 2.05 bits per heavy atom. The van der Waals surface area contributed by atoms with Gasteiger partial charge in [-0.2, -0.15) is 0 Å². The molecule has 0 radical (unpaired) electrons. The van der Waals surface area contributed by atoms with Gasteiger partial charge < -0.3 is 58.3 Å². The summed E-state index contributed by atoms with van der Waals surface area (Å²) in [5, 5.41) is 49.3. The molecule has 0 aliphatic carbocycles. The van der Waals surface area contributed by atoms with Crippen LogP contribution in [-0.2, 0) is 44.8 Å². The fourth-order valence-electron chi connectivity index (χ4n) is 7.81. The number of nitrogens with zero attached hydrogens (tertiary/aromatic N) is 1. The lowest BCUT2D eigenvalue weighted by Gasteiger charge is -2.38. The van der Waals surface area contributed by atoms with Crippen molar-refractivity contribution in [1.29, 1.82) is 0 Å². The summed E-state index contributed by atoms with van der Waals surface area (Å²) in [4.78, 5) is 112. The third-order valence-corrected chi connectivity index (χ3v) is 10.8. The molecule has 352 valence electrons. The normalized spacial score (nSPS) is 27.0. The Hall–Kier alpha value is -5.34. The van der Waals surface area contributed by atoms with Crippen LogP contribution >= 0.6 is 0 Å². The average molecular weight is 888 g/mol. The van der Waals surface area contributed by atoms with Gasteiger partial charge in [0, 0.05) is 24.4 Å². The average Bonchev–Trinajstić information content (AvgIpc) is 3.64. The molecule has 9 atom stereocenters. The fourth-order valence-corrected chi connectivity index (χ4v) is 7.81. The molecule has 2 saturated heterocycles. The van der Waals surface area contributed by atoms with Gasteiger partial charge in [0.15, 0.2) is 0 Å². The number of benzene rings is 1. The highest BCUT2D eigenvalue weighted by molar-refractivity contribution is 5.97. The summed E-state index contributed by atoms with van der Waals surface area (Å²) in [5.74, 6) is -6.99. The van der Waals surface area contributed by atoms with Crippen LogP contribution in [0.4, 0.5) is 0 Å². The number of rotatable bonds is 12. The number of phenolic OH excluding ortho intramolecular Hbond substituents is 1. The van der Waals surface area contributed by atoms with Crippen molar-refractivity contribution in [3.05, 3.63) is 29.8 Å². The van der Waals surface area contributed by atoms with E-state index in [0.29, 0.717) is 37.8 Å². The molecule has 1 aromatic rings. The molecule has 63 heavy (non-hydrogen) atoms. The highest BCUT2D eigenvalue weighted by Gasteiger charge is 2.44. The Kier molecular flexibility index (Phi) is 19.7. The number of carbonyl (C=O) groups excluding carboxylic acids is 7. The Morgan fingerprint density at radius 1 is 0.841 bits per heavy atom. The van der Waals surface area contributed by atoms with Crippen molar-refractivity contribution in [2.45, 2.75) is 166 Å². The van der Waals surface area contributed by atoms with Gasteiger partial charge in [-0.05, 0) is 103 Å². The summed E-state index contributed by atoms with van der Waals surface area (Å²) in [6.45, 7) is 12.2. The summed E-state index contributed by atoms with van der Waals surface area (Å²) in [6, 6.07) is -3.85. The van der Waals surface area contributed by atoms with E-state index in [1.165, 1.54) is 26.0 Å². The minimum Gasteiger partial charge on any atom is -0.508 e. The first kappa shape index (κ1) is 52.0. The number of hydrogen-bond acceptors (Lipinski definition) is 12. The van der Waals surface area contributed by atoms with E-state index in [0.717, 1.165) is 0 Å². The van der Waals surface area contributed by atoms with Crippen molar-refractivity contribution in [2.75, 3.05) is 13.1 Å². The maximum Gasteiger partial charge on any atom is 0.305 e. The summed E-state index contributed by atoms with van der Waals surface area (Å²) in [7, 11) is 0. The van der Waals surface area contributed by atoms with E-state index in [9.17, 15) is 53.7 Å². The number of carbonyl (C=O) groups is 8. The van der Waals surface area contributed by atoms with Gasteiger partial charge in [-0.15, -0.1) is 0 Å². The number of nitrogens with two attached hydrogens (primary N) is 1. The third kappa shape index (κ3) is 16.7. The first-order valence-corrected chi connectivity index (χ1v) is 21.8. The van der Waals surface area contributed by atoms with Crippen LogP contribution in [0.1, 0.15) is 105 Å². The Bertz CT molecular complexity index is 1770. The standard InChI is InChI=1S/C43H69N9O11/c1-23(2)19-29-38(59)48-31(22-34(56)57)39(60)50-35(25(4)53)41(62)45-24(3)36(42(63)51-43(5,6)7)52-18-10-12-32(52)40(61)49-30(20-26-13-15-28(54)16-14-26)37(58)46-27(11-8-9-17-44)21-33(55)47-29/h13-16,23-25,27,29-32,35-36,53-54H,8-12,17-22,44H2,1-7H3,(H,45,62)(H,46,58)(H,47,55)(H,48,59)(H,49,61)(H,50,60)(H,51,63)(H,56,57)/t24-,25-,27+,29?,30?,31-,32+,35+,36+/m1/s1. The van der Waals surface area contributed by atoms with E-state index in [-0.39, 0.29) is 43.9 Å². The molecule has 0 aromatic heterocycles. The van der Waals surface area contributed by atoms with Crippen LogP contribution in [0.15, 0.2) is 24.3 Å². The summed E-state index contributed by atoms with van der Waals surface area (Å²) in [6.07, 6.45) is -0.592.